The number of ether oxygens (including phenoxy) is 1. The number of hydrogen-bond donors (Lipinski definition) is 1. The average Bonchev–Trinajstić information content (AvgIpc) is 2.38. The fourth-order valence-electron chi connectivity index (χ4n) is 1.73. The number of anilines is 1. The molecule has 5 heteroatoms. The maximum atomic E-state index is 12.4. The van der Waals surface area contributed by atoms with Crippen molar-refractivity contribution in [2.45, 2.75) is 20.8 Å². The monoisotopic (exact) mass is 264 g/mol. The molecule has 0 aromatic heterocycles. The highest BCUT2D eigenvalue weighted by Crippen LogP contribution is 2.15. The van der Waals surface area contributed by atoms with Crippen LogP contribution in [0.1, 0.15) is 29.8 Å². The predicted octanol–water partition coefficient (Wildman–Crippen LogP) is 1.60. The fourth-order valence-corrected chi connectivity index (χ4v) is 1.73. The zero-order valence-corrected chi connectivity index (χ0v) is 11.6. The van der Waals surface area contributed by atoms with Crippen LogP contribution in [0.2, 0.25) is 0 Å². The summed E-state index contributed by atoms with van der Waals surface area (Å²) in [5, 5.41) is 0. The molecule has 1 aromatic carbocycles. The van der Waals surface area contributed by atoms with E-state index in [0.29, 0.717) is 24.4 Å². The van der Waals surface area contributed by atoms with E-state index < -0.39 is 5.97 Å². The molecule has 0 spiro atoms. The van der Waals surface area contributed by atoms with Gasteiger partial charge in [-0.25, -0.2) is 0 Å². The molecule has 1 amide bonds. The average molecular weight is 264 g/mol. The predicted molar refractivity (Wildman–Crippen MR) is 73.8 cm³/mol. The van der Waals surface area contributed by atoms with Crippen LogP contribution < -0.4 is 5.73 Å². The lowest BCUT2D eigenvalue weighted by molar-refractivity contribution is -0.143. The third kappa shape index (κ3) is 3.98. The molecule has 19 heavy (non-hydrogen) atoms. The van der Waals surface area contributed by atoms with E-state index in [0.717, 1.165) is 5.56 Å². The largest absolute Gasteiger partial charge is 0.465 e. The Bertz CT molecular complexity index is 472. The molecular weight excluding hydrogens is 244 g/mol. The number of aryl methyl sites for hydroxylation is 1. The summed E-state index contributed by atoms with van der Waals surface area (Å²) in [4.78, 5) is 25.3. The Balaban J connectivity index is 2.89. The Kier molecular flexibility index (Phi) is 5.36. The van der Waals surface area contributed by atoms with Crippen molar-refractivity contribution in [3.8, 4) is 0 Å². The van der Waals surface area contributed by atoms with Crippen molar-refractivity contribution in [3.63, 3.8) is 0 Å². The van der Waals surface area contributed by atoms with Crippen molar-refractivity contribution in [2.24, 2.45) is 0 Å². The molecule has 0 bridgehead atoms. The van der Waals surface area contributed by atoms with Crippen LogP contribution in [0.25, 0.3) is 0 Å². The summed E-state index contributed by atoms with van der Waals surface area (Å²) in [5.74, 6) is -0.611. The standard InChI is InChI=1S/C14H20N2O3/c1-4-16(9-13(17)19-5-2)14(18)12-8-11(15)7-6-10(12)3/h6-8H,4-5,9,15H2,1-3H3. The van der Waals surface area contributed by atoms with Gasteiger partial charge in [0, 0.05) is 17.8 Å². The van der Waals surface area contributed by atoms with Gasteiger partial charge in [0.2, 0.25) is 0 Å². The summed E-state index contributed by atoms with van der Waals surface area (Å²) in [6.45, 7) is 6.09. The Morgan fingerprint density at radius 1 is 1.32 bits per heavy atom. The quantitative estimate of drug-likeness (QED) is 0.647. The minimum absolute atomic E-state index is 0.0442. The highest BCUT2D eigenvalue weighted by atomic mass is 16.5. The van der Waals surface area contributed by atoms with E-state index in [4.69, 9.17) is 10.5 Å². The van der Waals surface area contributed by atoms with E-state index in [1.54, 1.807) is 25.1 Å². The Hall–Kier alpha value is -2.04. The first-order chi connectivity index (χ1) is 8.99. The van der Waals surface area contributed by atoms with E-state index in [1.807, 2.05) is 13.8 Å². The minimum Gasteiger partial charge on any atom is -0.465 e. The molecule has 0 radical (unpaired) electrons. The molecule has 0 unspecified atom stereocenters. The van der Waals surface area contributed by atoms with Crippen molar-refractivity contribution in [3.05, 3.63) is 29.3 Å². The number of likely N-dealkylation sites (N-methyl/N-ethyl adjacent to an activating group) is 1. The van der Waals surface area contributed by atoms with E-state index in [-0.39, 0.29) is 12.5 Å². The summed E-state index contributed by atoms with van der Waals surface area (Å²) in [7, 11) is 0. The second-order valence-corrected chi connectivity index (χ2v) is 4.20. The van der Waals surface area contributed by atoms with Gasteiger partial charge in [0.1, 0.15) is 6.54 Å². The number of amides is 1. The first-order valence-electron chi connectivity index (χ1n) is 6.30. The van der Waals surface area contributed by atoms with Gasteiger partial charge in [0.25, 0.3) is 5.91 Å². The summed E-state index contributed by atoms with van der Waals surface area (Å²) in [5.41, 5.74) is 7.58. The van der Waals surface area contributed by atoms with Crippen LogP contribution in [-0.2, 0) is 9.53 Å². The SMILES string of the molecule is CCOC(=O)CN(CC)C(=O)c1cc(N)ccc1C. The number of carbonyl (C=O) groups excluding carboxylic acids is 2. The van der Waals surface area contributed by atoms with Crippen LogP contribution >= 0.6 is 0 Å². The summed E-state index contributed by atoms with van der Waals surface area (Å²) in [6.07, 6.45) is 0. The smallest absolute Gasteiger partial charge is 0.325 e. The molecule has 0 heterocycles. The molecule has 1 aromatic rings. The van der Waals surface area contributed by atoms with Gasteiger partial charge in [-0.1, -0.05) is 6.07 Å². The number of esters is 1. The molecule has 0 saturated heterocycles. The number of hydrogen-bond acceptors (Lipinski definition) is 4. The zero-order chi connectivity index (χ0) is 14.4. The van der Waals surface area contributed by atoms with Crippen LogP contribution in [0.4, 0.5) is 5.69 Å². The van der Waals surface area contributed by atoms with Crippen molar-refractivity contribution in [1.82, 2.24) is 4.90 Å². The van der Waals surface area contributed by atoms with Crippen molar-refractivity contribution < 1.29 is 14.3 Å². The second-order valence-electron chi connectivity index (χ2n) is 4.20. The topological polar surface area (TPSA) is 72.6 Å². The van der Waals surface area contributed by atoms with E-state index in [2.05, 4.69) is 0 Å². The molecule has 0 fully saturated rings. The lowest BCUT2D eigenvalue weighted by Gasteiger charge is -2.21. The fraction of sp³-hybridized carbons (Fsp3) is 0.429. The molecule has 0 aliphatic heterocycles. The number of nitrogens with zero attached hydrogens (tertiary/aromatic N) is 1. The Morgan fingerprint density at radius 3 is 2.58 bits per heavy atom. The molecule has 0 aliphatic carbocycles. The van der Waals surface area contributed by atoms with Gasteiger partial charge in [-0.05, 0) is 38.5 Å². The molecule has 2 N–H and O–H groups in total. The molecule has 0 saturated carbocycles. The molecule has 0 aliphatic rings. The summed E-state index contributed by atoms with van der Waals surface area (Å²) in [6, 6.07) is 5.17. The van der Waals surface area contributed by atoms with Gasteiger partial charge in [0.05, 0.1) is 6.61 Å². The third-order valence-corrected chi connectivity index (χ3v) is 2.79. The van der Waals surface area contributed by atoms with E-state index in [9.17, 15) is 9.59 Å². The molecule has 5 nitrogen and oxygen atoms in total. The van der Waals surface area contributed by atoms with E-state index in [1.165, 1.54) is 4.90 Å². The number of rotatable bonds is 5. The third-order valence-electron chi connectivity index (χ3n) is 2.79. The number of nitrogens with two attached hydrogens (primary N) is 1. The lowest BCUT2D eigenvalue weighted by Crippen LogP contribution is -2.36. The first-order valence-corrected chi connectivity index (χ1v) is 6.30. The maximum absolute atomic E-state index is 12.4. The summed E-state index contributed by atoms with van der Waals surface area (Å²) < 4.78 is 4.86. The van der Waals surface area contributed by atoms with E-state index >= 15 is 0 Å². The van der Waals surface area contributed by atoms with Gasteiger partial charge >= 0.3 is 5.97 Å². The van der Waals surface area contributed by atoms with Crippen molar-refractivity contribution in [1.29, 1.82) is 0 Å². The van der Waals surface area contributed by atoms with Gasteiger partial charge in [-0.2, -0.15) is 0 Å². The number of benzene rings is 1. The number of nitrogen functional groups attached to an aromatic ring is 1. The van der Waals surface area contributed by atoms with Crippen molar-refractivity contribution in [2.75, 3.05) is 25.4 Å². The highest BCUT2D eigenvalue weighted by Gasteiger charge is 2.19. The van der Waals surface area contributed by atoms with Crippen LogP contribution in [0.5, 0.6) is 0 Å². The van der Waals surface area contributed by atoms with Gasteiger partial charge in [-0.3, -0.25) is 9.59 Å². The van der Waals surface area contributed by atoms with Crippen LogP contribution in [0.15, 0.2) is 18.2 Å². The zero-order valence-electron chi connectivity index (χ0n) is 11.6. The van der Waals surface area contributed by atoms with Gasteiger partial charge in [0.15, 0.2) is 0 Å². The number of carbonyl (C=O) groups is 2. The van der Waals surface area contributed by atoms with Crippen LogP contribution in [-0.4, -0.2) is 36.5 Å². The van der Waals surface area contributed by atoms with Crippen molar-refractivity contribution >= 4 is 17.6 Å². The Labute approximate surface area is 113 Å². The molecule has 1 rings (SSSR count). The Morgan fingerprint density at radius 2 is 2.00 bits per heavy atom. The second kappa shape index (κ2) is 6.78. The van der Waals surface area contributed by atoms with Gasteiger partial charge < -0.3 is 15.4 Å². The van der Waals surface area contributed by atoms with Crippen LogP contribution in [0, 0.1) is 6.92 Å². The normalized spacial score (nSPS) is 10.1. The molecule has 104 valence electrons. The first kappa shape index (κ1) is 15.0. The highest BCUT2D eigenvalue weighted by molar-refractivity contribution is 5.98. The van der Waals surface area contributed by atoms with Crippen LogP contribution in [0.3, 0.4) is 0 Å². The molecular formula is C14H20N2O3. The maximum Gasteiger partial charge on any atom is 0.325 e. The lowest BCUT2D eigenvalue weighted by atomic mass is 10.1. The summed E-state index contributed by atoms with van der Waals surface area (Å²) >= 11 is 0. The molecule has 0 atom stereocenters. The minimum atomic E-state index is -0.403. The van der Waals surface area contributed by atoms with Gasteiger partial charge in [-0.15, -0.1) is 0 Å².